The van der Waals surface area contributed by atoms with Gasteiger partial charge in [-0.1, -0.05) is 30.3 Å². The highest BCUT2D eigenvalue weighted by atomic mass is 16.5. The number of pyridine rings is 2. The molecule has 10 heteroatoms. The van der Waals surface area contributed by atoms with Gasteiger partial charge >= 0.3 is 0 Å². The van der Waals surface area contributed by atoms with Gasteiger partial charge in [0.05, 0.1) is 23.5 Å². The van der Waals surface area contributed by atoms with Crippen molar-refractivity contribution in [1.29, 1.82) is 5.26 Å². The van der Waals surface area contributed by atoms with Crippen molar-refractivity contribution in [2.24, 2.45) is 7.05 Å². The van der Waals surface area contributed by atoms with E-state index in [1.807, 2.05) is 79.9 Å². The summed E-state index contributed by atoms with van der Waals surface area (Å²) < 4.78 is 9.23. The Morgan fingerprint density at radius 3 is 2.37 bits per heavy atom. The molecule has 5 aromatic rings. The minimum atomic E-state index is -1.03. The standard InChI is InChI=1S/C31H30N8O2/c1-31(41-3,26-7-5-4-6-8-26)30(40)38-13-11-37(12-14-38)28-10-9-22(17-33-28)27-15-23(25-19-34-36(2)20-25)21-39-29(27)24(16-32)18-35-39/h4-10,15,17-21H,11-14H2,1-3H3/t31-/m1/s1. The number of fused-ring (bicyclic) bond motifs is 1. The molecule has 6 rings (SSSR count). The van der Waals surface area contributed by atoms with Crippen LogP contribution < -0.4 is 4.90 Å². The number of methoxy groups -OCH3 is 1. The smallest absolute Gasteiger partial charge is 0.259 e. The van der Waals surface area contributed by atoms with E-state index in [2.05, 4.69) is 27.2 Å². The number of carbonyl (C=O) groups is 1. The number of benzene rings is 1. The molecule has 4 aromatic heterocycles. The molecule has 0 saturated carbocycles. The summed E-state index contributed by atoms with van der Waals surface area (Å²) in [6.45, 7) is 4.30. The second-order valence-corrected chi connectivity index (χ2v) is 10.3. The van der Waals surface area contributed by atoms with Gasteiger partial charge in [-0.15, -0.1) is 0 Å². The molecule has 1 fully saturated rings. The molecule has 1 atom stereocenters. The fraction of sp³-hybridized carbons (Fsp3) is 0.258. The molecule has 1 aliphatic heterocycles. The van der Waals surface area contributed by atoms with Crippen LogP contribution in [0.2, 0.25) is 0 Å². The minimum absolute atomic E-state index is 0.0409. The molecular weight excluding hydrogens is 516 g/mol. The first kappa shape index (κ1) is 26.2. The van der Waals surface area contributed by atoms with Gasteiger partial charge in [0, 0.05) is 81.2 Å². The van der Waals surface area contributed by atoms with Gasteiger partial charge in [-0.3, -0.25) is 9.48 Å². The van der Waals surface area contributed by atoms with Crippen LogP contribution in [0.25, 0.3) is 27.8 Å². The summed E-state index contributed by atoms with van der Waals surface area (Å²) in [6.07, 6.45) is 9.08. The highest BCUT2D eigenvalue weighted by molar-refractivity contribution is 5.88. The summed E-state index contributed by atoms with van der Waals surface area (Å²) >= 11 is 0. The fourth-order valence-electron chi connectivity index (χ4n) is 5.41. The second-order valence-electron chi connectivity index (χ2n) is 10.3. The number of nitriles is 1. The predicted molar refractivity (Wildman–Crippen MR) is 155 cm³/mol. The molecule has 10 nitrogen and oxygen atoms in total. The molecule has 0 radical (unpaired) electrons. The summed E-state index contributed by atoms with van der Waals surface area (Å²) in [6, 6.07) is 17.9. The first-order valence-electron chi connectivity index (χ1n) is 13.4. The monoisotopic (exact) mass is 546 g/mol. The lowest BCUT2D eigenvalue weighted by Gasteiger charge is -2.39. The maximum atomic E-state index is 13.5. The van der Waals surface area contributed by atoms with Crippen LogP contribution in [0.5, 0.6) is 0 Å². The molecule has 1 aromatic carbocycles. The Kier molecular flexibility index (Phi) is 6.73. The van der Waals surface area contributed by atoms with Crippen LogP contribution in [0.1, 0.15) is 18.1 Å². The molecule has 0 aliphatic carbocycles. The lowest BCUT2D eigenvalue weighted by atomic mass is 9.93. The third-order valence-electron chi connectivity index (χ3n) is 7.86. The average Bonchev–Trinajstić information content (AvgIpc) is 3.66. The predicted octanol–water partition coefficient (Wildman–Crippen LogP) is 3.88. The van der Waals surface area contributed by atoms with E-state index in [9.17, 15) is 10.1 Å². The highest BCUT2D eigenvalue weighted by Crippen LogP contribution is 2.33. The van der Waals surface area contributed by atoms with Gasteiger partial charge in [0.1, 0.15) is 11.9 Å². The maximum absolute atomic E-state index is 13.5. The molecule has 1 amide bonds. The van der Waals surface area contributed by atoms with Crippen molar-refractivity contribution in [3.8, 4) is 28.3 Å². The quantitative estimate of drug-likeness (QED) is 0.318. The molecule has 206 valence electrons. The van der Waals surface area contributed by atoms with Gasteiger partial charge in [-0.2, -0.15) is 15.5 Å². The number of anilines is 1. The summed E-state index contributed by atoms with van der Waals surface area (Å²) in [4.78, 5) is 22.3. The molecular formula is C31H30N8O2. The van der Waals surface area contributed by atoms with E-state index < -0.39 is 5.60 Å². The number of hydrogen-bond donors (Lipinski definition) is 0. The summed E-state index contributed by atoms with van der Waals surface area (Å²) in [5, 5.41) is 18.4. The van der Waals surface area contributed by atoms with Crippen LogP contribution in [0, 0.1) is 11.3 Å². The van der Waals surface area contributed by atoms with Gasteiger partial charge in [-0.25, -0.2) is 9.50 Å². The van der Waals surface area contributed by atoms with Crippen LogP contribution in [0.15, 0.2) is 79.5 Å². The Hall–Kier alpha value is -5.01. The lowest BCUT2D eigenvalue weighted by molar-refractivity contribution is -0.154. The molecule has 1 aliphatic rings. The number of aryl methyl sites for hydroxylation is 1. The number of rotatable bonds is 6. The van der Waals surface area contributed by atoms with Crippen LogP contribution >= 0.6 is 0 Å². The number of hydrogen-bond acceptors (Lipinski definition) is 7. The van der Waals surface area contributed by atoms with E-state index in [1.165, 1.54) is 0 Å². The van der Waals surface area contributed by atoms with Crippen LogP contribution in [-0.2, 0) is 22.2 Å². The third-order valence-corrected chi connectivity index (χ3v) is 7.86. The van der Waals surface area contributed by atoms with Gasteiger partial charge < -0.3 is 14.5 Å². The van der Waals surface area contributed by atoms with Crippen molar-refractivity contribution < 1.29 is 9.53 Å². The molecule has 0 spiro atoms. The van der Waals surface area contributed by atoms with Crippen molar-refractivity contribution in [3.05, 3.63) is 90.6 Å². The van der Waals surface area contributed by atoms with Gasteiger partial charge in [0.15, 0.2) is 5.60 Å². The number of carbonyl (C=O) groups excluding carboxylic acids is 1. The summed E-state index contributed by atoms with van der Waals surface area (Å²) in [5.41, 5.74) is 4.70. The number of piperazine rings is 1. The number of nitrogens with zero attached hydrogens (tertiary/aromatic N) is 8. The lowest BCUT2D eigenvalue weighted by Crippen LogP contribution is -2.54. The normalized spacial score (nSPS) is 15.1. The zero-order valence-electron chi connectivity index (χ0n) is 23.2. The van der Waals surface area contributed by atoms with E-state index in [4.69, 9.17) is 9.72 Å². The zero-order chi connectivity index (χ0) is 28.6. The van der Waals surface area contributed by atoms with Crippen LogP contribution in [0.4, 0.5) is 5.82 Å². The highest BCUT2D eigenvalue weighted by Gasteiger charge is 2.39. The number of amides is 1. The van der Waals surface area contributed by atoms with Crippen molar-refractivity contribution in [2.75, 3.05) is 38.2 Å². The van der Waals surface area contributed by atoms with Gasteiger partial charge in [-0.05, 0) is 30.7 Å². The van der Waals surface area contributed by atoms with Crippen molar-refractivity contribution in [1.82, 2.24) is 29.3 Å². The Morgan fingerprint density at radius 1 is 0.951 bits per heavy atom. The topological polar surface area (TPSA) is 105 Å². The van der Waals surface area contributed by atoms with Crippen molar-refractivity contribution in [3.63, 3.8) is 0 Å². The first-order chi connectivity index (χ1) is 19.9. The Labute approximate surface area is 238 Å². The first-order valence-corrected chi connectivity index (χ1v) is 13.4. The van der Waals surface area contributed by atoms with Gasteiger partial charge in [0.25, 0.3) is 5.91 Å². The second kappa shape index (κ2) is 10.5. The van der Waals surface area contributed by atoms with Gasteiger partial charge in [0.2, 0.25) is 0 Å². The minimum Gasteiger partial charge on any atom is -0.364 e. The third kappa shape index (κ3) is 4.70. The van der Waals surface area contributed by atoms with Crippen molar-refractivity contribution in [2.45, 2.75) is 12.5 Å². The largest absolute Gasteiger partial charge is 0.364 e. The van der Waals surface area contributed by atoms with Crippen molar-refractivity contribution >= 4 is 17.2 Å². The van der Waals surface area contributed by atoms with E-state index in [-0.39, 0.29) is 5.91 Å². The molecule has 0 unspecified atom stereocenters. The SMILES string of the molecule is CO[C@@](C)(C(=O)N1CCN(c2ccc(-c3cc(-c4cnn(C)c4)cn4ncc(C#N)c34)cn2)CC1)c1ccccc1. The zero-order valence-corrected chi connectivity index (χ0v) is 23.2. The van der Waals surface area contributed by atoms with E-state index in [0.29, 0.717) is 31.7 Å². The summed E-state index contributed by atoms with van der Waals surface area (Å²) in [5.74, 6) is 0.799. The van der Waals surface area contributed by atoms with Crippen LogP contribution in [0.3, 0.4) is 0 Å². The molecule has 0 N–H and O–H groups in total. The Morgan fingerprint density at radius 2 is 1.73 bits per heavy atom. The maximum Gasteiger partial charge on any atom is 0.259 e. The fourth-order valence-corrected chi connectivity index (χ4v) is 5.41. The van der Waals surface area contributed by atoms with E-state index in [0.717, 1.165) is 39.2 Å². The summed E-state index contributed by atoms with van der Waals surface area (Å²) in [7, 11) is 3.46. The average molecular weight is 547 g/mol. The van der Waals surface area contributed by atoms with E-state index in [1.54, 1.807) is 28.7 Å². The number of aromatic nitrogens is 5. The Bertz CT molecular complexity index is 1740. The molecule has 41 heavy (non-hydrogen) atoms. The molecule has 0 bridgehead atoms. The number of ether oxygens (including phenoxy) is 1. The Balaban J connectivity index is 1.22. The van der Waals surface area contributed by atoms with Crippen LogP contribution in [-0.4, -0.2) is 68.5 Å². The van der Waals surface area contributed by atoms with E-state index >= 15 is 0 Å². The molecule has 1 saturated heterocycles. The molecule has 5 heterocycles.